The molecule has 0 bridgehead atoms. The first-order chi connectivity index (χ1) is 9.63. The highest BCUT2D eigenvalue weighted by Gasteiger charge is 2.11. The predicted molar refractivity (Wildman–Crippen MR) is 74.9 cm³/mol. The predicted octanol–water partition coefficient (Wildman–Crippen LogP) is 3.99. The van der Waals surface area contributed by atoms with E-state index in [-0.39, 0.29) is 17.2 Å². The lowest BCUT2D eigenvalue weighted by atomic mass is 10.2. The maximum Gasteiger partial charge on any atom is 0.223 e. The Morgan fingerprint density at radius 2 is 2.20 bits per heavy atom. The summed E-state index contributed by atoms with van der Waals surface area (Å²) in [5.41, 5.74) is -0.140. The summed E-state index contributed by atoms with van der Waals surface area (Å²) in [5.74, 6) is 0.427. The molecular weight excluding hydrogens is 325 g/mol. The van der Waals surface area contributed by atoms with Gasteiger partial charge in [-0.25, -0.2) is 9.37 Å². The monoisotopic (exact) mass is 335 g/mol. The van der Waals surface area contributed by atoms with Crippen molar-refractivity contribution in [3.05, 3.63) is 46.1 Å². The molecule has 20 heavy (non-hydrogen) atoms. The van der Waals surface area contributed by atoms with Gasteiger partial charge in [0.1, 0.15) is 33.6 Å². The summed E-state index contributed by atoms with van der Waals surface area (Å²) in [6.07, 6.45) is 1.61. The Labute approximate surface area is 124 Å². The van der Waals surface area contributed by atoms with Crippen LogP contribution < -0.4 is 4.74 Å². The number of hydrogen-bond acceptors (Lipinski definition) is 4. The van der Waals surface area contributed by atoms with E-state index in [1.165, 1.54) is 18.2 Å². The maximum atomic E-state index is 13.5. The number of aromatic nitrogens is 2. The molecule has 0 atom stereocenters. The molecule has 6 heteroatoms. The van der Waals surface area contributed by atoms with Crippen molar-refractivity contribution in [2.45, 2.75) is 19.8 Å². The molecule has 1 aromatic carbocycles. The van der Waals surface area contributed by atoms with Gasteiger partial charge in [0.15, 0.2) is 0 Å². The lowest BCUT2D eigenvalue weighted by molar-refractivity contribution is 0.451. The van der Waals surface area contributed by atoms with E-state index in [1.807, 2.05) is 6.92 Å². The second kappa shape index (κ2) is 6.44. The number of hydrogen-bond donors (Lipinski definition) is 0. The van der Waals surface area contributed by atoms with E-state index < -0.39 is 5.82 Å². The average molecular weight is 336 g/mol. The molecule has 0 spiro atoms. The number of nitriles is 1. The zero-order valence-corrected chi connectivity index (χ0v) is 12.3. The Hall–Kier alpha value is -2.00. The van der Waals surface area contributed by atoms with Gasteiger partial charge in [0, 0.05) is 12.5 Å². The van der Waals surface area contributed by atoms with Gasteiger partial charge < -0.3 is 4.74 Å². The highest BCUT2D eigenvalue weighted by Crippen LogP contribution is 2.26. The van der Waals surface area contributed by atoms with Crippen LogP contribution in [0.15, 0.2) is 28.9 Å². The summed E-state index contributed by atoms with van der Waals surface area (Å²) in [6.45, 7) is 2.02. The van der Waals surface area contributed by atoms with Crippen molar-refractivity contribution in [1.82, 2.24) is 9.97 Å². The van der Waals surface area contributed by atoms with Crippen LogP contribution in [0.25, 0.3) is 0 Å². The largest absolute Gasteiger partial charge is 0.437 e. The molecule has 0 saturated heterocycles. The van der Waals surface area contributed by atoms with Crippen LogP contribution in [-0.2, 0) is 6.42 Å². The third kappa shape index (κ3) is 3.31. The van der Waals surface area contributed by atoms with Crippen LogP contribution in [0.3, 0.4) is 0 Å². The van der Waals surface area contributed by atoms with Crippen LogP contribution in [0.5, 0.6) is 11.6 Å². The summed E-state index contributed by atoms with van der Waals surface area (Å²) in [6, 6.07) is 7.58. The van der Waals surface area contributed by atoms with Gasteiger partial charge in [0.25, 0.3) is 0 Å². The Bertz CT molecular complexity index is 670. The fraction of sp³-hybridized carbons (Fsp3) is 0.214. The third-order valence-corrected chi connectivity index (χ3v) is 2.90. The summed E-state index contributed by atoms with van der Waals surface area (Å²) < 4.78 is 19.6. The molecular formula is C14H11BrFN3O. The molecule has 0 aliphatic rings. The molecule has 4 nitrogen and oxygen atoms in total. The van der Waals surface area contributed by atoms with Crippen LogP contribution in [0.4, 0.5) is 4.39 Å². The molecule has 0 amide bonds. The maximum absolute atomic E-state index is 13.5. The zero-order chi connectivity index (χ0) is 14.5. The minimum atomic E-state index is -0.619. The molecule has 0 aliphatic heterocycles. The van der Waals surface area contributed by atoms with Gasteiger partial charge in [-0.1, -0.05) is 13.0 Å². The van der Waals surface area contributed by atoms with Gasteiger partial charge in [-0.15, -0.1) is 0 Å². The SMILES string of the molecule is CCCc1nc(Br)cc(Oc2cccc(F)c2C#N)n1. The minimum Gasteiger partial charge on any atom is -0.437 e. The van der Waals surface area contributed by atoms with E-state index in [0.29, 0.717) is 16.8 Å². The fourth-order valence-corrected chi connectivity index (χ4v) is 2.04. The summed E-state index contributed by atoms with van der Waals surface area (Å²) >= 11 is 3.28. The van der Waals surface area contributed by atoms with Gasteiger partial charge >= 0.3 is 0 Å². The van der Waals surface area contributed by atoms with Crippen molar-refractivity contribution in [2.75, 3.05) is 0 Å². The first-order valence-electron chi connectivity index (χ1n) is 6.04. The molecule has 102 valence electrons. The molecule has 2 rings (SSSR count). The Morgan fingerprint density at radius 3 is 2.90 bits per heavy atom. The second-order valence-electron chi connectivity index (χ2n) is 4.02. The van der Waals surface area contributed by atoms with E-state index in [9.17, 15) is 4.39 Å². The van der Waals surface area contributed by atoms with Gasteiger partial charge in [-0.3, -0.25) is 0 Å². The lowest BCUT2D eigenvalue weighted by Gasteiger charge is -2.08. The van der Waals surface area contributed by atoms with Crippen molar-refractivity contribution in [3.8, 4) is 17.7 Å². The van der Waals surface area contributed by atoms with E-state index in [0.717, 1.165) is 6.42 Å². The molecule has 2 aromatic rings. The van der Waals surface area contributed by atoms with Gasteiger partial charge in [-0.05, 0) is 34.5 Å². The quantitative estimate of drug-likeness (QED) is 0.792. The first-order valence-corrected chi connectivity index (χ1v) is 6.83. The number of halogens is 2. The van der Waals surface area contributed by atoms with Crippen LogP contribution in [0.2, 0.25) is 0 Å². The number of rotatable bonds is 4. The van der Waals surface area contributed by atoms with Crippen molar-refractivity contribution in [1.29, 1.82) is 5.26 Å². The number of ether oxygens (including phenoxy) is 1. The molecule has 0 fully saturated rings. The summed E-state index contributed by atoms with van der Waals surface area (Å²) in [5, 5.41) is 8.96. The Kier molecular flexibility index (Phi) is 4.64. The molecule has 0 aliphatic carbocycles. The molecule has 0 radical (unpaired) electrons. The van der Waals surface area contributed by atoms with E-state index in [2.05, 4.69) is 25.9 Å². The van der Waals surface area contributed by atoms with Gasteiger partial charge in [0.05, 0.1) is 0 Å². The lowest BCUT2D eigenvalue weighted by Crippen LogP contribution is -1.99. The van der Waals surface area contributed by atoms with Crippen LogP contribution in [-0.4, -0.2) is 9.97 Å². The second-order valence-corrected chi connectivity index (χ2v) is 4.83. The molecule has 0 unspecified atom stereocenters. The topological polar surface area (TPSA) is 58.8 Å². The fourth-order valence-electron chi connectivity index (χ4n) is 1.64. The third-order valence-electron chi connectivity index (χ3n) is 2.49. The van der Waals surface area contributed by atoms with Gasteiger partial charge in [0.2, 0.25) is 5.88 Å². The van der Waals surface area contributed by atoms with Crippen LogP contribution >= 0.6 is 15.9 Å². The summed E-state index contributed by atoms with van der Waals surface area (Å²) in [4.78, 5) is 8.44. The van der Waals surface area contributed by atoms with Crippen molar-refractivity contribution in [3.63, 3.8) is 0 Å². The number of aryl methyl sites for hydroxylation is 1. The number of nitrogens with zero attached hydrogens (tertiary/aromatic N) is 3. The highest BCUT2D eigenvalue weighted by atomic mass is 79.9. The Morgan fingerprint density at radius 1 is 1.40 bits per heavy atom. The molecule has 1 heterocycles. The van der Waals surface area contributed by atoms with Crippen molar-refractivity contribution >= 4 is 15.9 Å². The molecule has 0 saturated carbocycles. The summed E-state index contributed by atoms with van der Waals surface area (Å²) in [7, 11) is 0. The minimum absolute atomic E-state index is 0.139. The number of benzene rings is 1. The zero-order valence-electron chi connectivity index (χ0n) is 10.7. The molecule has 1 aromatic heterocycles. The van der Waals surface area contributed by atoms with E-state index in [4.69, 9.17) is 10.00 Å². The van der Waals surface area contributed by atoms with Crippen LogP contribution in [0, 0.1) is 17.1 Å². The van der Waals surface area contributed by atoms with Crippen LogP contribution in [0.1, 0.15) is 24.7 Å². The highest BCUT2D eigenvalue weighted by molar-refractivity contribution is 9.10. The van der Waals surface area contributed by atoms with Crippen molar-refractivity contribution < 1.29 is 9.13 Å². The first kappa shape index (κ1) is 14.4. The average Bonchev–Trinajstić information content (AvgIpc) is 2.38. The van der Waals surface area contributed by atoms with Crippen molar-refractivity contribution in [2.24, 2.45) is 0 Å². The van der Waals surface area contributed by atoms with E-state index >= 15 is 0 Å². The standard InChI is InChI=1S/C14H11BrFN3O/c1-2-4-13-18-12(15)7-14(19-13)20-11-6-3-5-10(16)9(11)8-17/h3,5-7H,2,4H2,1H3. The Balaban J connectivity index is 2.35. The van der Waals surface area contributed by atoms with Gasteiger partial charge in [-0.2, -0.15) is 10.2 Å². The van der Waals surface area contributed by atoms with E-state index in [1.54, 1.807) is 12.1 Å². The smallest absolute Gasteiger partial charge is 0.223 e. The molecule has 0 N–H and O–H groups in total. The normalized spacial score (nSPS) is 10.1.